The summed E-state index contributed by atoms with van der Waals surface area (Å²) in [4.78, 5) is 15.7. The Bertz CT molecular complexity index is 490. The van der Waals surface area contributed by atoms with Gasteiger partial charge in [-0.2, -0.15) is 5.10 Å². The maximum atomic E-state index is 11.8. The van der Waals surface area contributed by atoms with Crippen molar-refractivity contribution in [2.45, 2.75) is 19.3 Å². The fraction of sp³-hybridized carbons (Fsp3) is 0.308. The minimum atomic E-state index is 0.248. The summed E-state index contributed by atoms with van der Waals surface area (Å²) < 4.78 is 1.81. The Morgan fingerprint density at radius 3 is 2.65 bits per heavy atom. The van der Waals surface area contributed by atoms with E-state index in [1.807, 2.05) is 25.2 Å². The van der Waals surface area contributed by atoms with Crippen molar-refractivity contribution in [3.8, 4) is 0 Å². The third kappa shape index (κ3) is 3.24. The highest BCUT2D eigenvalue weighted by Crippen LogP contribution is 2.05. The number of rotatable bonds is 5. The largest absolute Gasteiger partial charge is 0.299 e. The van der Waals surface area contributed by atoms with Crippen LogP contribution in [-0.2, 0) is 24.7 Å². The molecule has 0 spiro atoms. The second-order valence-electron chi connectivity index (χ2n) is 4.02. The summed E-state index contributed by atoms with van der Waals surface area (Å²) >= 11 is 0. The van der Waals surface area contributed by atoms with Crippen LogP contribution in [0.2, 0.25) is 0 Å². The van der Waals surface area contributed by atoms with Crippen LogP contribution in [0.5, 0.6) is 0 Å². The van der Waals surface area contributed by atoms with E-state index in [9.17, 15) is 4.79 Å². The lowest BCUT2D eigenvalue weighted by atomic mass is 10.1. The van der Waals surface area contributed by atoms with Crippen LogP contribution in [0.25, 0.3) is 0 Å². The molecular formula is C13H15N3O. The molecule has 4 heteroatoms. The van der Waals surface area contributed by atoms with Gasteiger partial charge in [0.05, 0.1) is 0 Å². The molecule has 88 valence electrons. The van der Waals surface area contributed by atoms with Gasteiger partial charge in [-0.1, -0.05) is 0 Å². The zero-order chi connectivity index (χ0) is 12.1. The van der Waals surface area contributed by atoms with Crippen LogP contribution in [0, 0.1) is 0 Å². The summed E-state index contributed by atoms with van der Waals surface area (Å²) in [7, 11) is 1.89. The average Bonchev–Trinajstić information content (AvgIpc) is 2.74. The molecule has 2 heterocycles. The zero-order valence-corrected chi connectivity index (χ0v) is 9.84. The summed E-state index contributed by atoms with van der Waals surface area (Å²) in [5.41, 5.74) is 2.11. The van der Waals surface area contributed by atoms with Crippen molar-refractivity contribution in [3.05, 3.63) is 48.0 Å². The van der Waals surface area contributed by atoms with E-state index in [-0.39, 0.29) is 5.78 Å². The van der Waals surface area contributed by atoms with Gasteiger partial charge in [0, 0.05) is 44.2 Å². The normalized spacial score (nSPS) is 10.4. The average molecular weight is 229 g/mol. The van der Waals surface area contributed by atoms with Crippen LogP contribution >= 0.6 is 0 Å². The van der Waals surface area contributed by atoms with E-state index in [1.165, 1.54) is 0 Å². The van der Waals surface area contributed by atoms with Crippen LogP contribution in [0.3, 0.4) is 0 Å². The highest BCUT2D eigenvalue weighted by Gasteiger charge is 2.06. The van der Waals surface area contributed by atoms with Crippen molar-refractivity contribution >= 4 is 5.78 Å². The first-order valence-corrected chi connectivity index (χ1v) is 5.63. The molecule has 0 unspecified atom stereocenters. The smallest absolute Gasteiger partial charge is 0.137 e. The van der Waals surface area contributed by atoms with E-state index in [1.54, 1.807) is 23.3 Å². The molecular weight excluding hydrogens is 214 g/mol. The predicted molar refractivity (Wildman–Crippen MR) is 64.5 cm³/mol. The van der Waals surface area contributed by atoms with E-state index in [4.69, 9.17) is 0 Å². The highest BCUT2D eigenvalue weighted by molar-refractivity contribution is 5.80. The molecule has 17 heavy (non-hydrogen) atoms. The Hall–Kier alpha value is -1.97. The first kappa shape index (κ1) is 11.5. The van der Waals surface area contributed by atoms with Crippen LogP contribution in [0.4, 0.5) is 0 Å². The van der Waals surface area contributed by atoms with E-state index in [0.717, 1.165) is 17.7 Å². The Morgan fingerprint density at radius 2 is 2.00 bits per heavy atom. The summed E-state index contributed by atoms with van der Waals surface area (Å²) in [6.07, 6.45) is 6.97. The lowest BCUT2D eigenvalue weighted by molar-refractivity contribution is -0.118. The number of ketones is 1. The van der Waals surface area contributed by atoms with Gasteiger partial charge >= 0.3 is 0 Å². The number of pyridine rings is 1. The number of nitrogens with zero attached hydrogens (tertiary/aromatic N) is 3. The maximum Gasteiger partial charge on any atom is 0.137 e. The van der Waals surface area contributed by atoms with Crippen LogP contribution in [0.1, 0.15) is 17.7 Å². The topological polar surface area (TPSA) is 47.8 Å². The van der Waals surface area contributed by atoms with Gasteiger partial charge < -0.3 is 0 Å². The molecule has 0 aliphatic heterocycles. The lowest BCUT2D eigenvalue weighted by Gasteiger charge is -2.02. The summed E-state index contributed by atoms with van der Waals surface area (Å²) in [6.45, 7) is 0. The minimum Gasteiger partial charge on any atom is -0.299 e. The van der Waals surface area contributed by atoms with Crippen molar-refractivity contribution in [2.75, 3.05) is 0 Å². The van der Waals surface area contributed by atoms with Gasteiger partial charge in [0.2, 0.25) is 0 Å². The number of hydrogen-bond acceptors (Lipinski definition) is 3. The van der Waals surface area contributed by atoms with E-state index >= 15 is 0 Å². The van der Waals surface area contributed by atoms with E-state index in [0.29, 0.717) is 12.8 Å². The lowest BCUT2D eigenvalue weighted by Crippen LogP contribution is -2.06. The quantitative estimate of drug-likeness (QED) is 0.781. The van der Waals surface area contributed by atoms with Crippen molar-refractivity contribution in [2.24, 2.45) is 7.05 Å². The predicted octanol–water partition coefficient (Wildman–Crippen LogP) is 1.56. The SMILES string of the molecule is Cn1nccc1CCC(=O)Cc1ccncc1. The van der Waals surface area contributed by atoms with Gasteiger partial charge in [-0.15, -0.1) is 0 Å². The minimum absolute atomic E-state index is 0.248. The van der Waals surface area contributed by atoms with Gasteiger partial charge in [-0.3, -0.25) is 14.5 Å². The van der Waals surface area contributed by atoms with Gasteiger partial charge in [0.1, 0.15) is 5.78 Å². The first-order chi connectivity index (χ1) is 8.25. The summed E-state index contributed by atoms with van der Waals surface area (Å²) in [5, 5.41) is 4.08. The second-order valence-corrected chi connectivity index (χ2v) is 4.02. The molecule has 0 aliphatic rings. The van der Waals surface area contributed by atoms with Crippen LogP contribution in [-0.4, -0.2) is 20.5 Å². The fourth-order valence-electron chi connectivity index (χ4n) is 1.73. The van der Waals surface area contributed by atoms with Gasteiger partial charge in [-0.05, 0) is 30.2 Å². The molecule has 4 nitrogen and oxygen atoms in total. The molecule has 2 rings (SSSR count). The molecule has 0 aromatic carbocycles. The number of aryl methyl sites for hydroxylation is 2. The van der Waals surface area contributed by atoms with Gasteiger partial charge in [0.15, 0.2) is 0 Å². The van der Waals surface area contributed by atoms with Crippen molar-refractivity contribution < 1.29 is 4.79 Å². The van der Waals surface area contributed by atoms with Crippen molar-refractivity contribution in [1.82, 2.24) is 14.8 Å². The van der Waals surface area contributed by atoms with Crippen LogP contribution in [0.15, 0.2) is 36.8 Å². The molecule has 0 amide bonds. The number of carbonyl (C=O) groups is 1. The van der Waals surface area contributed by atoms with Crippen LogP contribution < -0.4 is 0 Å². The maximum absolute atomic E-state index is 11.8. The molecule has 0 radical (unpaired) electrons. The zero-order valence-electron chi connectivity index (χ0n) is 9.84. The van der Waals surface area contributed by atoms with Crippen molar-refractivity contribution in [3.63, 3.8) is 0 Å². The number of hydrogen-bond donors (Lipinski definition) is 0. The third-order valence-electron chi connectivity index (χ3n) is 2.73. The third-order valence-corrected chi connectivity index (χ3v) is 2.73. The highest BCUT2D eigenvalue weighted by atomic mass is 16.1. The van der Waals surface area contributed by atoms with Gasteiger partial charge in [-0.25, -0.2) is 0 Å². The molecule has 0 N–H and O–H groups in total. The Labute approximate surface area is 100 Å². The van der Waals surface area contributed by atoms with E-state index < -0.39 is 0 Å². The molecule has 0 fully saturated rings. The number of aromatic nitrogens is 3. The van der Waals surface area contributed by atoms with Crippen molar-refractivity contribution in [1.29, 1.82) is 0 Å². The Kier molecular flexibility index (Phi) is 3.65. The molecule has 2 aromatic rings. The molecule has 0 bridgehead atoms. The summed E-state index contributed by atoms with van der Waals surface area (Å²) in [5.74, 6) is 0.248. The number of Topliss-reactive ketones (excluding diaryl/α,β-unsaturated/α-hetero) is 1. The molecule has 2 aromatic heterocycles. The summed E-state index contributed by atoms with van der Waals surface area (Å²) in [6, 6.07) is 5.70. The fourth-order valence-corrected chi connectivity index (χ4v) is 1.73. The molecule has 0 saturated carbocycles. The van der Waals surface area contributed by atoms with E-state index in [2.05, 4.69) is 10.1 Å². The second kappa shape index (κ2) is 5.39. The standard InChI is InChI=1S/C13H15N3O/c1-16-12(6-9-15-16)2-3-13(17)10-11-4-7-14-8-5-11/h4-9H,2-3,10H2,1H3. The molecule has 0 aliphatic carbocycles. The molecule has 0 atom stereocenters. The first-order valence-electron chi connectivity index (χ1n) is 5.63. The molecule has 0 saturated heterocycles. The monoisotopic (exact) mass is 229 g/mol. The van der Waals surface area contributed by atoms with Gasteiger partial charge in [0.25, 0.3) is 0 Å². The Balaban J connectivity index is 1.84. The Morgan fingerprint density at radius 1 is 1.24 bits per heavy atom. The number of carbonyl (C=O) groups excluding carboxylic acids is 1.